The van der Waals surface area contributed by atoms with Crippen LogP contribution in [0.2, 0.25) is 0 Å². The van der Waals surface area contributed by atoms with E-state index in [-0.39, 0.29) is 35.7 Å². The number of likely N-dealkylation sites (N-methyl/N-ethyl adjacent to an activating group) is 1. The zero-order chi connectivity index (χ0) is 37.0. The summed E-state index contributed by atoms with van der Waals surface area (Å²) in [4.78, 5) is 47.6. The number of amides is 2. The average Bonchev–Trinajstić information content (AvgIpc) is 4.05. The maximum Gasteiger partial charge on any atom is 0.245 e. The van der Waals surface area contributed by atoms with Gasteiger partial charge in [-0.25, -0.2) is 9.97 Å². The number of hydrogen-bond donors (Lipinski definition) is 3. The van der Waals surface area contributed by atoms with Crippen molar-refractivity contribution in [1.82, 2.24) is 35.1 Å². The Bertz CT molecular complexity index is 2170. The van der Waals surface area contributed by atoms with E-state index in [0.29, 0.717) is 6.54 Å². The summed E-state index contributed by atoms with van der Waals surface area (Å²) in [5.74, 6) is 1.95. The molecule has 6 aromatic rings. The first-order valence-electron chi connectivity index (χ1n) is 19.1. The minimum Gasteiger partial charge on any atom is -0.352 e. The second-order valence-electron chi connectivity index (χ2n) is 14.8. The lowest BCUT2D eigenvalue weighted by molar-refractivity contribution is -0.137. The van der Waals surface area contributed by atoms with Crippen molar-refractivity contribution in [2.45, 2.75) is 56.7 Å². The van der Waals surface area contributed by atoms with Crippen molar-refractivity contribution < 1.29 is 9.59 Å². The van der Waals surface area contributed by atoms with Gasteiger partial charge in [-0.2, -0.15) is 0 Å². The molecule has 1 aliphatic heterocycles. The first-order valence-corrected chi connectivity index (χ1v) is 19.1. The van der Waals surface area contributed by atoms with E-state index < -0.39 is 0 Å². The summed E-state index contributed by atoms with van der Waals surface area (Å²) in [6.45, 7) is 1.27. The lowest BCUT2D eigenvalue weighted by Crippen LogP contribution is -2.40. The van der Waals surface area contributed by atoms with E-state index >= 15 is 0 Å². The molecule has 2 aliphatic rings. The molecule has 1 saturated carbocycles. The summed E-state index contributed by atoms with van der Waals surface area (Å²) in [7, 11) is 3.92. The Morgan fingerprint density at radius 2 is 1.30 bits per heavy atom. The molecule has 0 spiro atoms. The molecule has 1 saturated heterocycles. The van der Waals surface area contributed by atoms with E-state index in [1.165, 1.54) is 0 Å². The number of benzene rings is 4. The standard InChI is InChI=1S/C45H47N7O2/c1-51(2)41(35-13-7-4-8-14-35)45(54)52-26-10-17-40(52)43-47-29-39(50-43)34-24-20-32(21-25-34)31-18-22-33(23-19-31)38-28-46-42(49-38)36-15-9-16-37(36)44(53)48-27-30-11-5-3-6-12-30/h3-8,11-14,18-25,28-29,36-37,40-41H,9-10,15-17,26-27H2,1-2H3,(H,46,49)(H,47,50)(H,48,53)/t36?,37-,40+,41-/m1/s1. The van der Waals surface area contributed by atoms with E-state index in [9.17, 15) is 9.59 Å². The van der Waals surface area contributed by atoms with E-state index in [1.54, 1.807) is 0 Å². The van der Waals surface area contributed by atoms with Crippen LogP contribution < -0.4 is 5.32 Å². The normalized spacial score (nSPS) is 18.9. The minimum absolute atomic E-state index is 0.0752. The molecule has 4 atom stereocenters. The SMILES string of the molecule is CN(C)[C@@H](C(=O)N1CCC[C@H]1c1ncc(-c2ccc(-c3ccc(-c4cnc(C5CCC[C@H]5C(=O)NCc5ccccc5)[nH]4)cc3)cc2)[nH]1)c1ccccc1. The van der Waals surface area contributed by atoms with Crippen LogP contribution >= 0.6 is 0 Å². The van der Waals surface area contributed by atoms with Crippen LogP contribution in [0, 0.1) is 5.92 Å². The Labute approximate surface area is 316 Å². The number of likely N-dealkylation sites (tertiary alicyclic amines) is 1. The fourth-order valence-electron chi connectivity index (χ4n) is 8.29. The van der Waals surface area contributed by atoms with Gasteiger partial charge < -0.3 is 20.2 Å². The van der Waals surface area contributed by atoms with Gasteiger partial charge in [0.1, 0.15) is 17.7 Å². The Hall–Kier alpha value is -5.80. The maximum absolute atomic E-state index is 13.9. The van der Waals surface area contributed by atoms with Gasteiger partial charge >= 0.3 is 0 Å². The number of nitrogens with zero attached hydrogens (tertiary/aromatic N) is 4. The molecule has 2 amide bonds. The van der Waals surface area contributed by atoms with Crippen molar-refractivity contribution >= 4 is 11.8 Å². The predicted octanol–water partition coefficient (Wildman–Crippen LogP) is 8.30. The topological polar surface area (TPSA) is 110 Å². The Morgan fingerprint density at radius 1 is 0.722 bits per heavy atom. The van der Waals surface area contributed by atoms with Gasteiger partial charge in [0.15, 0.2) is 0 Å². The molecular weight excluding hydrogens is 671 g/mol. The molecule has 2 aromatic heterocycles. The van der Waals surface area contributed by atoms with E-state index in [2.05, 4.69) is 63.8 Å². The number of nitrogens with one attached hydrogen (secondary N) is 3. The molecule has 0 bridgehead atoms. The molecule has 1 unspecified atom stereocenters. The summed E-state index contributed by atoms with van der Waals surface area (Å²) in [5.41, 5.74) is 8.34. The quantitative estimate of drug-likeness (QED) is 0.125. The number of carbonyl (C=O) groups is 2. The van der Waals surface area contributed by atoms with Gasteiger partial charge in [-0.05, 0) is 73.2 Å². The van der Waals surface area contributed by atoms with E-state index in [0.717, 1.165) is 95.1 Å². The smallest absolute Gasteiger partial charge is 0.245 e. The summed E-state index contributed by atoms with van der Waals surface area (Å²) in [6.07, 6.45) is 8.45. The van der Waals surface area contributed by atoms with Crippen LogP contribution in [0.5, 0.6) is 0 Å². The zero-order valence-corrected chi connectivity index (χ0v) is 30.9. The molecule has 3 heterocycles. The van der Waals surface area contributed by atoms with Crippen LogP contribution in [-0.2, 0) is 16.1 Å². The van der Waals surface area contributed by atoms with Crippen LogP contribution in [0.3, 0.4) is 0 Å². The fraction of sp³-hybridized carbons (Fsp3) is 0.289. The molecular formula is C45H47N7O2. The monoisotopic (exact) mass is 717 g/mol. The number of rotatable bonds is 11. The molecule has 9 heteroatoms. The second kappa shape index (κ2) is 15.7. The van der Waals surface area contributed by atoms with Crippen molar-refractivity contribution in [1.29, 1.82) is 0 Å². The number of H-pyrrole nitrogens is 2. The van der Waals surface area contributed by atoms with Crippen LogP contribution in [0.1, 0.15) is 72.9 Å². The third kappa shape index (κ3) is 7.37. The largest absolute Gasteiger partial charge is 0.352 e. The zero-order valence-electron chi connectivity index (χ0n) is 30.9. The van der Waals surface area contributed by atoms with Crippen molar-refractivity contribution in [2.75, 3.05) is 20.6 Å². The highest BCUT2D eigenvalue weighted by Crippen LogP contribution is 2.40. The van der Waals surface area contributed by atoms with Crippen LogP contribution in [0.25, 0.3) is 33.6 Å². The first kappa shape index (κ1) is 35.2. The minimum atomic E-state index is -0.338. The Balaban J connectivity index is 0.908. The van der Waals surface area contributed by atoms with Gasteiger partial charge in [0.25, 0.3) is 0 Å². The number of hydrogen-bond acceptors (Lipinski definition) is 5. The fourth-order valence-corrected chi connectivity index (χ4v) is 8.29. The van der Waals surface area contributed by atoms with Crippen LogP contribution in [0.4, 0.5) is 0 Å². The van der Waals surface area contributed by atoms with Crippen LogP contribution in [-0.4, -0.2) is 62.2 Å². The molecule has 4 aromatic carbocycles. The highest BCUT2D eigenvalue weighted by atomic mass is 16.2. The predicted molar refractivity (Wildman–Crippen MR) is 212 cm³/mol. The summed E-state index contributed by atoms with van der Waals surface area (Å²) in [6, 6.07) is 36.6. The highest BCUT2D eigenvalue weighted by molar-refractivity contribution is 5.84. The molecule has 0 radical (unpaired) electrons. The third-order valence-electron chi connectivity index (χ3n) is 11.1. The highest BCUT2D eigenvalue weighted by Gasteiger charge is 2.37. The lowest BCUT2D eigenvalue weighted by Gasteiger charge is -2.31. The summed E-state index contributed by atoms with van der Waals surface area (Å²) in [5, 5.41) is 3.14. The van der Waals surface area contributed by atoms with E-state index in [1.807, 2.05) is 97.0 Å². The number of aromatic nitrogens is 4. The Morgan fingerprint density at radius 3 is 1.93 bits per heavy atom. The van der Waals surface area contributed by atoms with Crippen molar-refractivity contribution in [3.8, 4) is 33.6 Å². The molecule has 274 valence electrons. The lowest BCUT2D eigenvalue weighted by atomic mass is 9.94. The molecule has 54 heavy (non-hydrogen) atoms. The van der Waals surface area contributed by atoms with Gasteiger partial charge in [-0.1, -0.05) is 116 Å². The van der Waals surface area contributed by atoms with Gasteiger partial charge in [-0.15, -0.1) is 0 Å². The third-order valence-corrected chi connectivity index (χ3v) is 11.1. The maximum atomic E-state index is 13.9. The van der Waals surface area contributed by atoms with Crippen molar-refractivity contribution in [3.05, 3.63) is 144 Å². The first-order chi connectivity index (χ1) is 26.4. The summed E-state index contributed by atoms with van der Waals surface area (Å²) < 4.78 is 0. The van der Waals surface area contributed by atoms with E-state index in [4.69, 9.17) is 9.97 Å². The van der Waals surface area contributed by atoms with Crippen molar-refractivity contribution in [3.63, 3.8) is 0 Å². The van der Waals surface area contributed by atoms with Gasteiger partial charge in [0.05, 0.1) is 29.8 Å². The van der Waals surface area contributed by atoms with Gasteiger partial charge in [0, 0.05) is 24.9 Å². The van der Waals surface area contributed by atoms with Crippen molar-refractivity contribution in [2.24, 2.45) is 5.92 Å². The Kier molecular flexibility index (Phi) is 10.2. The molecule has 1 aliphatic carbocycles. The second-order valence-corrected chi connectivity index (χ2v) is 14.8. The van der Waals surface area contributed by atoms with Gasteiger partial charge in [-0.3, -0.25) is 14.5 Å². The number of aromatic amines is 2. The number of carbonyl (C=O) groups excluding carboxylic acids is 2. The molecule has 8 rings (SSSR count). The molecule has 2 fully saturated rings. The summed E-state index contributed by atoms with van der Waals surface area (Å²) >= 11 is 0. The molecule has 9 nitrogen and oxygen atoms in total. The average molecular weight is 718 g/mol. The van der Waals surface area contributed by atoms with Gasteiger partial charge in [0.2, 0.25) is 11.8 Å². The van der Waals surface area contributed by atoms with Crippen LogP contribution in [0.15, 0.2) is 122 Å². The number of imidazole rings is 2. The molecule has 3 N–H and O–H groups in total.